The van der Waals surface area contributed by atoms with Crippen LogP contribution in [0.3, 0.4) is 0 Å². The van der Waals surface area contributed by atoms with Crippen LogP contribution in [0.15, 0.2) is 29.3 Å². The second-order valence-corrected chi connectivity index (χ2v) is 10.3. The zero-order valence-electron chi connectivity index (χ0n) is 20.2. The molecule has 1 spiro atoms. The Morgan fingerprint density at radius 2 is 2.06 bits per heavy atom. The summed E-state index contributed by atoms with van der Waals surface area (Å²) in [5.41, 5.74) is 9.32. The Bertz CT molecular complexity index is 1500. The third-order valence-corrected chi connectivity index (χ3v) is 8.47. The number of nitrogens with two attached hydrogens (primary N) is 1. The van der Waals surface area contributed by atoms with Crippen molar-refractivity contribution in [2.24, 2.45) is 18.2 Å². The lowest BCUT2D eigenvalue weighted by molar-refractivity contribution is 0.0973. The maximum Gasteiger partial charge on any atom is 0.264 e. The number of piperidine rings is 1. The van der Waals surface area contributed by atoms with Crippen LogP contribution in [0.4, 0.5) is 5.95 Å². The number of aromatic amines is 1. The molecule has 2 aliphatic heterocycles. The Balaban J connectivity index is 1.37. The van der Waals surface area contributed by atoms with Gasteiger partial charge in [-0.3, -0.25) is 14.0 Å². The van der Waals surface area contributed by atoms with Crippen molar-refractivity contribution in [2.75, 3.05) is 24.6 Å². The Morgan fingerprint density at radius 1 is 1.29 bits per heavy atom. The Kier molecular flexibility index (Phi) is 5.21. The van der Waals surface area contributed by atoms with Crippen LogP contribution in [0.25, 0.3) is 33.1 Å². The first kappa shape index (κ1) is 22.6. The lowest BCUT2D eigenvalue weighted by atomic mass is 9.73. The van der Waals surface area contributed by atoms with Crippen molar-refractivity contribution in [1.82, 2.24) is 24.3 Å². The number of aromatic nitrogens is 5. The van der Waals surface area contributed by atoms with Gasteiger partial charge in [-0.15, -0.1) is 0 Å². The molecule has 2 saturated heterocycles. The van der Waals surface area contributed by atoms with E-state index in [0.29, 0.717) is 28.6 Å². The van der Waals surface area contributed by atoms with Gasteiger partial charge in [0.1, 0.15) is 5.65 Å². The molecule has 0 saturated carbocycles. The number of halogens is 1. The molecule has 0 unspecified atom stereocenters. The lowest BCUT2D eigenvalue weighted by Gasteiger charge is -2.41. The quantitative estimate of drug-likeness (QED) is 0.451. The molecule has 35 heavy (non-hydrogen) atoms. The first-order valence-corrected chi connectivity index (χ1v) is 12.6. The van der Waals surface area contributed by atoms with Gasteiger partial charge in [-0.1, -0.05) is 17.7 Å². The van der Waals surface area contributed by atoms with Crippen LogP contribution >= 0.6 is 11.6 Å². The van der Waals surface area contributed by atoms with Gasteiger partial charge in [-0.2, -0.15) is 10.1 Å². The minimum Gasteiger partial charge on any atom is -0.376 e. The summed E-state index contributed by atoms with van der Waals surface area (Å²) in [6, 6.07) is 3.91. The largest absolute Gasteiger partial charge is 0.376 e. The highest BCUT2D eigenvalue weighted by Gasteiger charge is 2.47. The Hall–Kier alpha value is -2.88. The van der Waals surface area contributed by atoms with Crippen molar-refractivity contribution >= 4 is 39.5 Å². The van der Waals surface area contributed by atoms with Crippen molar-refractivity contribution in [3.05, 3.63) is 39.9 Å². The normalized spacial score (nSPS) is 22.1. The van der Waals surface area contributed by atoms with Gasteiger partial charge in [0.2, 0.25) is 5.95 Å². The lowest BCUT2D eigenvalue weighted by Crippen LogP contribution is -2.51. The number of H-pyrrole nitrogens is 1. The third kappa shape index (κ3) is 3.32. The van der Waals surface area contributed by atoms with Crippen molar-refractivity contribution in [3.63, 3.8) is 0 Å². The maximum absolute atomic E-state index is 13.6. The van der Waals surface area contributed by atoms with Gasteiger partial charge < -0.3 is 20.4 Å². The van der Waals surface area contributed by atoms with Gasteiger partial charge in [0.05, 0.1) is 28.6 Å². The van der Waals surface area contributed by atoms with Crippen LogP contribution in [-0.2, 0) is 18.3 Å². The zero-order valence-corrected chi connectivity index (χ0v) is 21.0. The molecule has 0 bridgehead atoms. The van der Waals surface area contributed by atoms with E-state index in [1.165, 1.54) is 0 Å². The van der Waals surface area contributed by atoms with E-state index in [-0.39, 0.29) is 23.1 Å². The molecule has 3 N–H and O–H groups in total. The third-order valence-electron chi connectivity index (χ3n) is 8.06. The number of anilines is 1. The molecule has 0 aliphatic carbocycles. The molecule has 4 aromatic rings. The molecular formula is C25H30ClN7O2. The number of fused-ring (bicyclic) bond motifs is 2. The van der Waals surface area contributed by atoms with Crippen molar-refractivity contribution < 1.29 is 4.74 Å². The fourth-order valence-corrected chi connectivity index (χ4v) is 6.06. The highest BCUT2D eigenvalue weighted by molar-refractivity contribution is 6.38. The highest BCUT2D eigenvalue weighted by Crippen LogP contribution is 2.42. The Labute approximate surface area is 207 Å². The molecule has 6 rings (SSSR count). The SMILES string of the molecule is CCn1cc2c(Cl)c(-c3c[nH]c4nc(N5CCC6(CC5)CO[C@@H](C)[C@H]6N)n(C)c(=O)c34)ccc2n1. The molecule has 2 fully saturated rings. The average Bonchev–Trinajstić information content (AvgIpc) is 3.56. The van der Waals surface area contributed by atoms with Gasteiger partial charge in [0.25, 0.3) is 5.56 Å². The van der Waals surface area contributed by atoms with Crippen LogP contribution in [-0.4, -0.2) is 56.2 Å². The number of benzene rings is 1. The molecule has 9 nitrogen and oxygen atoms in total. The molecule has 5 heterocycles. The van der Waals surface area contributed by atoms with Crippen LogP contribution in [0.5, 0.6) is 0 Å². The predicted octanol–water partition coefficient (Wildman–Crippen LogP) is 3.28. The standard InChI is InChI=1S/C25H30ClN7O2/c1-4-33-12-17-18(30-33)6-5-15(20(17)26)16-11-28-22-19(16)23(34)31(3)24(29-22)32-9-7-25(8-10-32)13-35-14(2)21(25)27/h5-6,11-12,14,21,28H,4,7-10,13,27H2,1-3H3/t14-,21+/m0/s1. The van der Waals surface area contributed by atoms with E-state index in [1.807, 2.05) is 43.1 Å². The van der Waals surface area contributed by atoms with E-state index in [1.54, 1.807) is 11.6 Å². The predicted molar refractivity (Wildman–Crippen MR) is 138 cm³/mol. The number of aryl methyl sites for hydroxylation is 1. The number of hydrogen-bond donors (Lipinski definition) is 2. The monoisotopic (exact) mass is 495 g/mol. The molecule has 3 aromatic heterocycles. The number of hydrogen-bond acceptors (Lipinski definition) is 6. The summed E-state index contributed by atoms with van der Waals surface area (Å²) >= 11 is 6.81. The summed E-state index contributed by atoms with van der Waals surface area (Å²) in [5, 5.41) is 6.52. The van der Waals surface area contributed by atoms with Crippen molar-refractivity contribution in [3.8, 4) is 11.1 Å². The Morgan fingerprint density at radius 3 is 2.74 bits per heavy atom. The van der Waals surface area contributed by atoms with Gasteiger partial charge in [0, 0.05) is 67.0 Å². The topological polar surface area (TPSA) is 107 Å². The number of ether oxygens (including phenoxy) is 1. The van der Waals surface area contributed by atoms with Crippen LogP contribution in [0.1, 0.15) is 26.7 Å². The minimum atomic E-state index is -0.100. The fraction of sp³-hybridized carbons (Fsp3) is 0.480. The van der Waals surface area contributed by atoms with Crippen LogP contribution in [0, 0.1) is 5.41 Å². The van der Waals surface area contributed by atoms with E-state index < -0.39 is 0 Å². The fourth-order valence-electron chi connectivity index (χ4n) is 5.75. The zero-order chi connectivity index (χ0) is 24.5. The number of rotatable bonds is 3. The van der Waals surface area contributed by atoms with E-state index in [9.17, 15) is 4.79 Å². The van der Waals surface area contributed by atoms with E-state index >= 15 is 0 Å². The molecular weight excluding hydrogens is 466 g/mol. The summed E-state index contributed by atoms with van der Waals surface area (Å²) in [5.74, 6) is 0.664. The summed E-state index contributed by atoms with van der Waals surface area (Å²) in [6.07, 6.45) is 5.68. The van der Waals surface area contributed by atoms with E-state index in [0.717, 1.165) is 54.5 Å². The summed E-state index contributed by atoms with van der Waals surface area (Å²) in [7, 11) is 1.79. The number of nitrogens with one attached hydrogen (secondary N) is 1. The second-order valence-electron chi connectivity index (χ2n) is 9.94. The molecule has 10 heteroatoms. The highest BCUT2D eigenvalue weighted by atomic mass is 35.5. The summed E-state index contributed by atoms with van der Waals surface area (Å²) in [4.78, 5) is 23.9. The van der Waals surface area contributed by atoms with Crippen LogP contribution < -0.4 is 16.2 Å². The van der Waals surface area contributed by atoms with Gasteiger partial charge in [-0.05, 0) is 32.8 Å². The second kappa shape index (κ2) is 8.08. The maximum atomic E-state index is 13.6. The van der Waals surface area contributed by atoms with E-state index in [2.05, 4.69) is 15.0 Å². The van der Waals surface area contributed by atoms with Crippen LogP contribution in [0.2, 0.25) is 5.02 Å². The first-order chi connectivity index (χ1) is 16.8. The molecule has 2 atom stereocenters. The van der Waals surface area contributed by atoms with Crippen molar-refractivity contribution in [1.29, 1.82) is 0 Å². The molecule has 184 valence electrons. The minimum absolute atomic E-state index is 0.0134. The molecule has 0 radical (unpaired) electrons. The number of nitrogens with zero attached hydrogens (tertiary/aromatic N) is 5. The van der Waals surface area contributed by atoms with Gasteiger partial charge >= 0.3 is 0 Å². The summed E-state index contributed by atoms with van der Waals surface area (Å²) < 4.78 is 9.36. The van der Waals surface area contributed by atoms with Crippen molar-refractivity contribution in [2.45, 2.75) is 45.4 Å². The average molecular weight is 496 g/mol. The van der Waals surface area contributed by atoms with Gasteiger partial charge in [0.15, 0.2) is 0 Å². The van der Waals surface area contributed by atoms with E-state index in [4.69, 9.17) is 27.1 Å². The summed E-state index contributed by atoms with van der Waals surface area (Å²) in [6.45, 7) is 7.12. The first-order valence-electron chi connectivity index (χ1n) is 12.2. The smallest absolute Gasteiger partial charge is 0.264 e. The molecule has 2 aliphatic rings. The van der Waals surface area contributed by atoms with Gasteiger partial charge in [-0.25, -0.2) is 0 Å². The molecule has 0 amide bonds. The molecule has 1 aromatic carbocycles.